The van der Waals surface area contributed by atoms with E-state index in [1.807, 2.05) is 18.2 Å². The van der Waals surface area contributed by atoms with Crippen LogP contribution >= 0.6 is 11.6 Å². The van der Waals surface area contributed by atoms with Gasteiger partial charge in [0.1, 0.15) is 6.04 Å². The second-order valence-electron chi connectivity index (χ2n) is 6.89. The van der Waals surface area contributed by atoms with Crippen molar-refractivity contribution in [3.05, 3.63) is 29.3 Å². The maximum Gasteiger partial charge on any atom is 0.278 e. The van der Waals surface area contributed by atoms with Gasteiger partial charge >= 0.3 is 0 Å². The molecule has 0 bridgehead atoms. The number of carbonyl (C=O) groups is 2. The lowest BCUT2D eigenvalue weighted by Crippen LogP contribution is -3.16. The molecule has 0 aliphatic carbocycles. The summed E-state index contributed by atoms with van der Waals surface area (Å²) in [6.45, 7) is 4.66. The van der Waals surface area contributed by atoms with E-state index in [4.69, 9.17) is 17.3 Å². The number of piperidine rings is 1. The molecule has 6 nitrogen and oxygen atoms in total. The average molecular weight is 366 g/mol. The van der Waals surface area contributed by atoms with Gasteiger partial charge in [-0.05, 0) is 37.5 Å². The predicted molar refractivity (Wildman–Crippen MR) is 97.8 cm³/mol. The number of benzene rings is 1. The Labute approximate surface area is 153 Å². The predicted octanol–water partition coefficient (Wildman–Crippen LogP) is -0.0887. The van der Waals surface area contributed by atoms with Gasteiger partial charge in [0.05, 0.1) is 26.2 Å². The quantitative estimate of drug-likeness (QED) is 0.783. The maximum absolute atomic E-state index is 12.6. The van der Waals surface area contributed by atoms with Crippen molar-refractivity contribution in [2.75, 3.05) is 44.2 Å². The lowest BCUT2D eigenvalue weighted by molar-refractivity contribution is -0.892. The molecule has 7 heteroatoms. The third-order valence-corrected chi connectivity index (χ3v) is 5.43. The molecule has 0 radical (unpaired) electrons. The molecule has 1 atom stereocenters. The van der Waals surface area contributed by atoms with Crippen LogP contribution in [0.4, 0.5) is 5.69 Å². The Morgan fingerprint density at radius 3 is 2.64 bits per heavy atom. The van der Waals surface area contributed by atoms with Crippen molar-refractivity contribution in [3.63, 3.8) is 0 Å². The Morgan fingerprint density at radius 1 is 1.20 bits per heavy atom. The number of nitrogens with one attached hydrogen (secondary N) is 1. The summed E-state index contributed by atoms with van der Waals surface area (Å²) in [5, 5.41) is 0.741. The normalized spacial score (nSPS) is 22.0. The van der Waals surface area contributed by atoms with E-state index in [-0.39, 0.29) is 11.8 Å². The number of nitrogens with two attached hydrogens (primary N) is 1. The molecule has 0 aromatic heterocycles. The summed E-state index contributed by atoms with van der Waals surface area (Å²) in [5.41, 5.74) is 6.59. The van der Waals surface area contributed by atoms with E-state index in [2.05, 4.69) is 11.0 Å². The van der Waals surface area contributed by atoms with E-state index in [0.29, 0.717) is 19.5 Å². The highest BCUT2D eigenvalue weighted by Crippen LogP contribution is 2.19. The molecule has 2 amide bonds. The SMILES string of the molecule is NC(=O)[C@H]1CCCCN1C(=O)C[NH+]1CCN(c2cccc(Cl)c2)CC1. The van der Waals surface area contributed by atoms with Crippen molar-refractivity contribution in [2.24, 2.45) is 5.73 Å². The molecule has 2 fully saturated rings. The van der Waals surface area contributed by atoms with Crippen LogP contribution in [0, 0.1) is 0 Å². The monoisotopic (exact) mass is 365 g/mol. The number of carbonyl (C=O) groups excluding carboxylic acids is 2. The molecule has 3 rings (SSSR count). The summed E-state index contributed by atoms with van der Waals surface area (Å²) in [6.07, 6.45) is 2.61. The van der Waals surface area contributed by atoms with Crippen LogP contribution in [0.2, 0.25) is 5.02 Å². The summed E-state index contributed by atoms with van der Waals surface area (Å²) in [5.74, 6) is -0.330. The first-order valence-corrected chi connectivity index (χ1v) is 9.35. The maximum atomic E-state index is 12.6. The van der Waals surface area contributed by atoms with Gasteiger partial charge in [-0.15, -0.1) is 0 Å². The molecule has 0 saturated carbocycles. The van der Waals surface area contributed by atoms with E-state index in [9.17, 15) is 9.59 Å². The number of rotatable bonds is 4. The van der Waals surface area contributed by atoms with Crippen LogP contribution in [-0.4, -0.2) is 62.0 Å². The third-order valence-electron chi connectivity index (χ3n) is 5.20. The van der Waals surface area contributed by atoms with Crippen LogP contribution in [0.5, 0.6) is 0 Å². The minimum atomic E-state index is -0.423. The van der Waals surface area contributed by atoms with Gasteiger partial charge in [0.25, 0.3) is 5.91 Å². The van der Waals surface area contributed by atoms with Gasteiger partial charge in [-0.25, -0.2) is 0 Å². The fourth-order valence-electron chi connectivity index (χ4n) is 3.77. The first kappa shape index (κ1) is 18.0. The van der Waals surface area contributed by atoms with E-state index >= 15 is 0 Å². The second kappa shape index (κ2) is 8.06. The van der Waals surface area contributed by atoms with Gasteiger partial charge in [0.15, 0.2) is 6.54 Å². The molecular formula is C18H26ClN4O2+. The molecule has 3 N–H and O–H groups in total. The fourth-order valence-corrected chi connectivity index (χ4v) is 3.96. The van der Waals surface area contributed by atoms with E-state index < -0.39 is 6.04 Å². The largest absolute Gasteiger partial charge is 0.368 e. The van der Waals surface area contributed by atoms with Gasteiger partial charge in [0, 0.05) is 17.3 Å². The molecule has 0 unspecified atom stereocenters. The third kappa shape index (κ3) is 4.44. The molecule has 136 valence electrons. The topological polar surface area (TPSA) is 71.1 Å². The zero-order valence-corrected chi connectivity index (χ0v) is 15.2. The van der Waals surface area contributed by atoms with Gasteiger partial charge in [-0.3, -0.25) is 9.59 Å². The average Bonchev–Trinajstić information content (AvgIpc) is 2.62. The Hall–Kier alpha value is -1.79. The van der Waals surface area contributed by atoms with Crippen LogP contribution in [0.3, 0.4) is 0 Å². The second-order valence-corrected chi connectivity index (χ2v) is 7.33. The zero-order valence-electron chi connectivity index (χ0n) is 14.4. The summed E-state index contributed by atoms with van der Waals surface area (Å²) in [4.78, 5) is 29.5. The van der Waals surface area contributed by atoms with Crippen molar-refractivity contribution >= 4 is 29.1 Å². The van der Waals surface area contributed by atoms with E-state index in [1.54, 1.807) is 4.90 Å². The van der Waals surface area contributed by atoms with Gasteiger partial charge in [-0.1, -0.05) is 17.7 Å². The fraction of sp³-hybridized carbons (Fsp3) is 0.556. The highest BCUT2D eigenvalue weighted by molar-refractivity contribution is 6.30. The first-order valence-electron chi connectivity index (χ1n) is 8.97. The smallest absolute Gasteiger partial charge is 0.278 e. The highest BCUT2D eigenvalue weighted by atomic mass is 35.5. The summed E-state index contributed by atoms with van der Waals surface area (Å²) < 4.78 is 0. The number of hydrogen-bond donors (Lipinski definition) is 2. The number of anilines is 1. The van der Waals surface area contributed by atoms with Crippen LogP contribution in [0.1, 0.15) is 19.3 Å². The zero-order chi connectivity index (χ0) is 17.8. The molecule has 2 aliphatic rings. The molecule has 2 heterocycles. The number of nitrogens with zero attached hydrogens (tertiary/aromatic N) is 2. The Kier molecular flexibility index (Phi) is 5.81. The highest BCUT2D eigenvalue weighted by Gasteiger charge is 2.33. The lowest BCUT2D eigenvalue weighted by atomic mass is 10.0. The minimum absolute atomic E-state index is 0.0507. The van der Waals surface area contributed by atoms with Crippen molar-refractivity contribution in [2.45, 2.75) is 25.3 Å². The molecule has 1 aromatic carbocycles. The number of primary amides is 1. The van der Waals surface area contributed by atoms with E-state index in [0.717, 1.165) is 49.7 Å². The summed E-state index contributed by atoms with van der Waals surface area (Å²) >= 11 is 6.07. The molecule has 1 aromatic rings. The Balaban J connectivity index is 1.53. The Bertz CT molecular complexity index is 631. The number of piperazine rings is 1. The standard InChI is InChI=1S/C18H25ClN4O2/c19-14-4-3-5-15(12-14)22-10-8-21(9-11-22)13-17(24)23-7-2-1-6-16(23)18(20)25/h3-5,12,16H,1-2,6-11,13H2,(H2,20,25)/p+1/t16-/m1/s1. The number of hydrogen-bond acceptors (Lipinski definition) is 3. The summed E-state index contributed by atoms with van der Waals surface area (Å²) in [7, 11) is 0. The number of likely N-dealkylation sites (tertiary alicyclic amines) is 1. The Morgan fingerprint density at radius 2 is 1.96 bits per heavy atom. The van der Waals surface area contributed by atoms with Crippen molar-refractivity contribution in [1.82, 2.24) is 4.90 Å². The van der Waals surface area contributed by atoms with Crippen LogP contribution in [-0.2, 0) is 9.59 Å². The lowest BCUT2D eigenvalue weighted by Gasteiger charge is -2.37. The van der Waals surface area contributed by atoms with Gasteiger partial charge in [-0.2, -0.15) is 0 Å². The number of quaternary nitrogens is 1. The van der Waals surface area contributed by atoms with Gasteiger partial charge < -0.3 is 20.4 Å². The van der Waals surface area contributed by atoms with Crippen molar-refractivity contribution < 1.29 is 14.5 Å². The van der Waals surface area contributed by atoms with Crippen LogP contribution < -0.4 is 15.5 Å². The minimum Gasteiger partial charge on any atom is -0.368 e. The number of amides is 2. The molecule has 25 heavy (non-hydrogen) atoms. The first-order chi connectivity index (χ1) is 12.0. The molecule has 2 aliphatic heterocycles. The molecule has 0 spiro atoms. The number of halogens is 1. The van der Waals surface area contributed by atoms with Crippen molar-refractivity contribution in [3.8, 4) is 0 Å². The van der Waals surface area contributed by atoms with Crippen molar-refractivity contribution in [1.29, 1.82) is 0 Å². The van der Waals surface area contributed by atoms with E-state index in [1.165, 1.54) is 4.90 Å². The van der Waals surface area contributed by atoms with Crippen LogP contribution in [0.15, 0.2) is 24.3 Å². The molecule has 2 saturated heterocycles. The molecular weight excluding hydrogens is 340 g/mol. The van der Waals surface area contributed by atoms with Gasteiger partial charge in [0.2, 0.25) is 5.91 Å². The summed E-state index contributed by atoms with van der Waals surface area (Å²) in [6, 6.07) is 7.45. The van der Waals surface area contributed by atoms with Crippen LogP contribution in [0.25, 0.3) is 0 Å².